The molecule has 13 nitrogen and oxygen atoms in total. The molecular formula is C26H19N5O8. The van der Waals surface area contributed by atoms with Crippen molar-refractivity contribution in [3.8, 4) is 0 Å². The standard InChI is InChI=1S/C26H19N5O8/c1-14-9-10-20-19(11-14)26(25(34)28-20)21(24(33)39-2)22(27-15-5-3-7-17(12-15)30(35)36)23(32)29(26)16-6-4-8-18(13-16)31(37)38/h3-13,27H,1-2H3,(H,28,34). The lowest BCUT2D eigenvalue weighted by atomic mass is 9.82. The van der Waals surface area contributed by atoms with Crippen LogP contribution in [0.2, 0.25) is 0 Å². The van der Waals surface area contributed by atoms with E-state index in [-0.39, 0.29) is 39.6 Å². The molecule has 2 N–H and O–H groups in total. The molecule has 2 aliphatic heterocycles. The number of esters is 1. The van der Waals surface area contributed by atoms with E-state index in [9.17, 15) is 34.6 Å². The number of benzene rings is 3. The molecule has 1 atom stereocenters. The van der Waals surface area contributed by atoms with Crippen molar-refractivity contribution < 1.29 is 29.0 Å². The van der Waals surface area contributed by atoms with E-state index in [0.717, 1.165) is 24.1 Å². The van der Waals surface area contributed by atoms with Gasteiger partial charge in [-0.25, -0.2) is 4.79 Å². The van der Waals surface area contributed by atoms with Gasteiger partial charge in [0.25, 0.3) is 23.2 Å². The van der Waals surface area contributed by atoms with Gasteiger partial charge in [-0.15, -0.1) is 0 Å². The number of aryl methyl sites for hydroxylation is 1. The van der Waals surface area contributed by atoms with E-state index >= 15 is 0 Å². The Morgan fingerprint density at radius 3 is 2.31 bits per heavy atom. The van der Waals surface area contributed by atoms with Gasteiger partial charge in [-0.3, -0.25) is 34.7 Å². The number of nitro benzene ring substituents is 2. The number of carbonyl (C=O) groups excluding carboxylic acids is 3. The van der Waals surface area contributed by atoms with Gasteiger partial charge in [0.1, 0.15) is 11.3 Å². The largest absolute Gasteiger partial charge is 0.466 e. The van der Waals surface area contributed by atoms with Crippen LogP contribution < -0.4 is 15.5 Å². The average Bonchev–Trinajstić information content (AvgIpc) is 3.34. The third kappa shape index (κ3) is 3.75. The summed E-state index contributed by atoms with van der Waals surface area (Å²) in [6.07, 6.45) is 0. The Bertz CT molecular complexity index is 1650. The van der Waals surface area contributed by atoms with Crippen LogP contribution in [0.1, 0.15) is 11.1 Å². The average molecular weight is 529 g/mol. The predicted molar refractivity (Wildman–Crippen MR) is 138 cm³/mol. The highest BCUT2D eigenvalue weighted by Crippen LogP contribution is 2.53. The smallest absolute Gasteiger partial charge is 0.339 e. The van der Waals surface area contributed by atoms with Crippen molar-refractivity contribution in [3.05, 3.63) is 109 Å². The lowest BCUT2D eigenvalue weighted by molar-refractivity contribution is -0.385. The quantitative estimate of drug-likeness (QED) is 0.275. The van der Waals surface area contributed by atoms with E-state index in [1.54, 1.807) is 25.1 Å². The molecule has 3 aromatic rings. The van der Waals surface area contributed by atoms with E-state index in [2.05, 4.69) is 10.6 Å². The van der Waals surface area contributed by atoms with Crippen molar-refractivity contribution in [3.63, 3.8) is 0 Å². The lowest BCUT2D eigenvalue weighted by Crippen LogP contribution is -2.52. The Morgan fingerprint density at radius 1 is 0.974 bits per heavy atom. The van der Waals surface area contributed by atoms with Crippen molar-refractivity contribution in [2.45, 2.75) is 12.5 Å². The minimum Gasteiger partial charge on any atom is -0.466 e. The lowest BCUT2D eigenvalue weighted by Gasteiger charge is -2.34. The van der Waals surface area contributed by atoms with E-state index in [0.29, 0.717) is 11.3 Å². The number of amides is 2. The molecule has 2 heterocycles. The normalized spacial score (nSPS) is 17.7. The second kappa shape index (κ2) is 9.06. The van der Waals surface area contributed by atoms with Gasteiger partial charge in [-0.05, 0) is 25.1 Å². The molecule has 0 saturated carbocycles. The van der Waals surface area contributed by atoms with Crippen LogP contribution >= 0.6 is 0 Å². The molecule has 1 unspecified atom stereocenters. The number of nitrogens with zero attached hydrogens (tertiary/aromatic N) is 3. The topological polar surface area (TPSA) is 174 Å². The zero-order chi connectivity index (χ0) is 28.1. The molecular weight excluding hydrogens is 510 g/mol. The van der Waals surface area contributed by atoms with Gasteiger partial charge in [0.15, 0.2) is 5.54 Å². The first-order chi connectivity index (χ1) is 18.6. The van der Waals surface area contributed by atoms with Gasteiger partial charge in [-0.1, -0.05) is 29.8 Å². The van der Waals surface area contributed by atoms with Crippen LogP contribution in [0.4, 0.5) is 28.4 Å². The molecule has 196 valence electrons. The summed E-state index contributed by atoms with van der Waals surface area (Å²) in [7, 11) is 1.08. The number of carbonyl (C=O) groups is 3. The number of methoxy groups -OCH3 is 1. The van der Waals surface area contributed by atoms with Gasteiger partial charge in [0.2, 0.25) is 0 Å². The highest BCUT2D eigenvalue weighted by Gasteiger charge is 2.65. The maximum absolute atomic E-state index is 14.2. The molecule has 0 aliphatic carbocycles. The Labute approximate surface area is 220 Å². The minimum atomic E-state index is -2.11. The first-order valence-corrected chi connectivity index (χ1v) is 11.5. The van der Waals surface area contributed by atoms with Crippen LogP contribution in [0.25, 0.3) is 0 Å². The van der Waals surface area contributed by atoms with Gasteiger partial charge in [0, 0.05) is 41.2 Å². The molecule has 1 spiro atoms. The van der Waals surface area contributed by atoms with Crippen LogP contribution in [0.3, 0.4) is 0 Å². The zero-order valence-corrected chi connectivity index (χ0v) is 20.5. The Hall–Kier alpha value is -5.59. The van der Waals surface area contributed by atoms with Crippen molar-refractivity contribution in [2.24, 2.45) is 0 Å². The number of hydrogen-bond donors (Lipinski definition) is 2. The summed E-state index contributed by atoms with van der Waals surface area (Å²) in [6, 6.07) is 15.3. The fourth-order valence-corrected chi connectivity index (χ4v) is 4.90. The predicted octanol–water partition coefficient (Wildman–Crippen LogP) is 3.54. The number of nitro groups is 2. The molecule has 2 aliphatic rings. The Kier molecular flexibility index (Phi) is 5.82. The second-order valence-electron chi connectivity index (χ2n) is 8.81. The van der Waals surface area contributed by atoms with Crippen molar-refractivity contribution >= 4 is 46.2 Å². The number of nitrogens with one attached hydrogen (secondary N) is 2. The van der Waals surface area contributed by atoms with E-state index in [4.69, 9.17) is 4.74 Å². The molecule has 0 radical (unpaired) electrons. The first kappa shape index (κ1) is 25.1. The zero-order valence-electron chi connectivity index (χ0n) is 20.5. The third-order valence-corrected chi connectivity index (χ3v) is 6.52. The first-order valence-electron chi connectivity index (χ1n) is 11.5. The van der Waals surface area contributed by atoms with E-state index in [1.807, 2.05) is 0 Å². The van der Waals surface area contributed by atoms with E-state index < -0.39 is 33.2 Å². The van der Waals surface area contributed by atoms with Crippen molar-refractivity contribution in [2.75, 3.05) is 22.6 Å². The van der Waals surface area contributed by atoms with Crippen LogP contribution in [-0.2, 0) is 24.7 Å². The van der Waals surface area contributed by atoms with Crippen molar-refractivity contribution in [1.29, 1.82) is 0 Å². The van der Waals surface area contributed by atoms with E-state index in [1.165, 1.54) is 36.4 Å². The van der Waals surface area contributed by atoms with Crippen LogP contribution in [-0.4, -0.2) is 34.7 Å². The molecule has 0 bridgehead atoms. The fraction of sp³-hybridized carbons (Fsp3) is 0.115. The van der Waals surface area contributed by atoms with Crippen LogP contribution in [0, 0.1) is 27.2 Å². The Morgan fingerprint density at radius 2 is 1.64 bits per heavy atom. The molecule has 39 heavy (non-hydrogen) atoms. The maximum Gasteiger partial charge on any atom is 0.339 e. The summed E-state index contributed by atoms with van der Waals surface area (Å²) < 4.78 is 5.03. The number of ether oxygens (including phenoxy) is 1. The summed E-state index contributed by atoms with van der Waals surface area (Å²) in [5.74, 6) is -2.67. The van der Waals surface area contributed by atoms with Gasteiger partial charge >= 0.3 is 5.97 Å². The van der Waals surface area contributed by atoms with Gasteiger partial charge in [-0.2, -0.15) is 0 Å². The summed E-state index contributed by atoms with van der Waals surface area (Å²) >= 11 is 0. The highest BCUT2D eigenvalue weighted by molar-refractivity contribution is 6.29. The Balaban J connectivity index is 1.83. The second-order valence-corrected chi connectivity index (χ2v) is 8.81. The third-order valence-electron chi connectivity index (χ3n) is 6.52. The minimum absolute atomic E-state index is 0.0315. The molecule has 3 aromatic carbocycles. The molecule has 5 rings (SSSR count). The summed E-state index contributed by atoms with van der Waals surface area (Å²) in [4.78, 5) is 64.0. The number of non-ortho nitro benzene ring substituents is 2. The molecule has 0 aromatic heterocycles. The number of anilines is 3. The van der Waals surface area contributed by atoms with Crippen LogP contribution in [0.15, 0.2) is 78.0 Å². The summed E-state index contributed by atoms with van der Waals surface area (Å²) in [5.41, 5.74) is -2.15. The number of fused-ring (bicyclic) bond motifs is 2. The number of hydrogen-bond acceptors (Lipinski definition) is 9. The summed E-state index contributed by atoms with van der Waals surface area (Å²) in [5, 5.41) is 28.4. The number of rotatable bonds is 6. The fourth-order valence-electron chi connectivity index (χ4n) is 4.90. The van der Waals surface area contributed by atoms with Crippen LogP contribution in [0.5, 0.6) is 0 Å². The maximum atomic E-state index is 14.2. The molecule has 0 fully saturated rings. The molecule has 2 amide bonds. The van der Waals surface area contributed by atoms with Gasteiger partial charge < -0.3 is 15.4 Å². The molecule has 0 saturated heterocycles. The monoisotopic (exact) mass is 529 g/mol. The SMILES string of the molecule is COC(=O)C1=C(Nc2cccc([N+](=O)[O-])c2)C(=O)N(c2cccc([N+](=O)[O-])c2)C12C(=O)Nc1ccc(C)cc12. The summed E-state index contributed by atoms with van der Waals surface area (Å²) in [6.45, 7) is 1.76. The van der Waals surface area contributed by atoms with Crippen molar-refractivity contribution in [1.82, 2.24) is 0 Å². The van der Waals surface area contributed by atoms with Gasteiger partial charge in [0.05, 0.1) is 22.6 Å². The highest BCUT2D eigenvalue weighted by atomic mass is 16.6. The molecule has 13 heteroatoms.